The normalized spacial score (nSPS) is 12.2. The summed E-state index contributed by atoms with van der Waals surface area (Å²) in [6.07, 6.45) is 7.19. The molecule has 2 aromatic rings. The summed E-state index contributed by atoms with van der Waals surface area (Å²) in [7, 11) is 3.58. The Bertz CT molecular complexity index is 528. The summed E-state index contributed by atoms with van der Waals surface area (Å²) in [6.45, 7) is 2.08. The lowest BCUT2D eigenvalue weighted by Crippen LogP contribution is -2.19. The predicted octanol–water partition coefficient (Wildman–Crippen LogP) is 2.10. The van der Waals surface area contributed by atoms with Crippen molar-refractivity contribution in [3.63, 3.8) is 0 Å². The lowest BCUT2D eigenvalue weighted by molar-refractivity contribution is 0.403. The van der Waals surface area contributed by atoms with Crippen LogP contribution in [0.5, 0.6) is 5.75 Å². The van der Waals surface area contributed by atoms with E-state index in [-0.39, 0.29) is 6.04 Å². The van der Waals surface area contributed by atoms with Gasteiger partial charge in [0.25, 0.3) is 0 Å². The van der Waals surface area contributed by atoms with Gasteiger partial charge in [0.2, 0.25) is 0 Å². The Morgan fingerprint density at radius 3 is 2.50 bits per heavy atom. The van der Waals surface area contributed by atoms with Gasteiger partial charge in [-0.1, -0.05) is 0 Å². The number of hydrogen-bond donors (Lipinski definition) is 1. The van der Waals surface area contributed by atoms with Crippen LogP contribution in [0.3, 0.4) is 0 Å². The molecule has 2 aromatic heterocycles. The number of pyridine rings is 2. The maximum absolute atomic E-state index is 5.37. The van der Waals surface area contributed by atoms with Gasteiger partial charge in [-0.2, -0.15) is 0 Å². The molecule has 0 aliphatic carbocycles. The lowest BCUT2D eigenvalue weighted by Gasteiger charge is -2.20. The lowest BCUT2D eigenvalue weighted by atomic mass is 9.97. The van der Waals surface area contributed by atoms with Crippen molar-refractivity contribution >= 4 is 0 Å². The Balaban J connectivity index is 2.49. The van der Waals surface area contributed by atoms with Crippen LogP contribution in [0.2, 0.25) is 0 Å². The highest BCUT2D eigenvalue weighted by molar-refractivity contribution is 5.41. The van der Waals surface area contributed by atoms with E-state index < -0.39 is 0 Å². The third kappa shape index (κ3) is 2.33. The molecule has 0 amide bonds. The summed E-state index contributed by atoms with van der Waals surface area (Å²) in [5.74, 6) is 0.778. The van der Waals surface area contributed by atoms with E-state index in [0.29, 0.717) is 0 Å². The van der Waals surface area contributed by atoms with E-state index in [0.717, 1.165) is 16.9 Å². The van der Waals surface area contributed by atoms with Gasteiger partial charge in [0.1, 0.15) is 5.75 Å². The van der Waals surface area contributed by atoms with Crippen LogP contribution in [0.25, 0.3) is 0 Å². The van der Waals surface area contributed by atoms with E-state index in [4.69, 9.17) is 4.74 Å². The first-order valence-corrected chi connectivity index (χ1v) is 5.83. The Kier molecular flexibility index (Phi) is 3.89. The third-order valence-corrected chi connectivity index (χ3v) is 3.03. The minimum atomic E-state index is 0.0525. The fourth-order valence-corrected chi connectivity index (χ4v) is 2.06. The molecule has 0 spiro atoms. The van der Waals surface area contributed by atoms with Crippen molar-refractivity contribution in [2.24, 2.45) is 0 Å². The van der Waals surface area contributed by atoms with Gasteiger partial charge in [-0.05, 0) is 37.2 Å². The standard InChI is InChI=1S/C14H17N3O/c1-10-4-6-16-8-12(10)14(15-2)11-5-7-17-9-13(11)18-3/h4-9,14-15H,1-3H3. The fraction of sp³-hybridized carbons (Fsp3) is 0.286. The molecule has 0 saturated carbocycles. The van der Waals surface area contributed by atoms with Crippen molar-refractivity contribution in [2.75, 3.05) is 14.2 Å². The van der Waals surface area contributed by atoms with Crippen LogP contribution in [-0.4, -0.2) is 24.1 Å². The molecule has 2 heterocycles. The summed E-state index contributed by atoms with van der Waals surface area (Å²) in [5.41, 5.74) is 3.40. The van der Waals surface area contributed by atoms with Crippen LogP contribution >= 0.6 is 0 Å². The predicted molar refractivity (Wildman–Crippen MR) is 70.7 cm³/mol. The van der Waals surface area contributed by atoms with E-state index in [2.05, 4.69) is 22.2 Å². The average Bonchev–Trinajstić information content (AvgIpc) is 2.42. The monoisotopic (exact) mass is 243 g/mol. The number of nitrogens with zero attached hydrogens (tertiary/aromatic N) is 2. The summed E-state index contributed by atoms with van der Waals surface area (Å²) >= 11 is 0. The zero-order valence-corrected chi connectivity index (χ0v) is 10.8. The van der Waals surface area contributed by atoms with Crippen molar-refractivity contribution < 1.29 is 4.74 Å². The van der Waals surface area contributed by atoms with Gasteiger partial charge in [0.05, 0.1) is 19.3 Å². The SMILES string of the molecule is CNC(c1cnccc1C)c1ccncc1OC. The maximum atomic E-state index is 5.37. The Morgan fingerprint density at radius 1 is 1.11 bits per heavy atom. The summed E-state index contributed by atoms with van der Waals surface area (Å²) in [4.78, 5) is 8.28. The second-order valence-corrected chi connectivity index (χ2v) is 4.07. The van der Waals surface area contributed by atoms with Crippen molar-refractivity contribution in [1.82, 2.24) is 15.3 Å². The van der Waals surface area contributed by atoms with Crippen LogP contribution in [0, 0.1) is 6.92 Å². The average molecular weight is 243 g/mol. The second-order valence-electron chi connectivity index (χ2n) is 4.07. The second kappa shape index (κ2) is 5.60. The molecule has 4 heteroatoms. The van der Waals surface area contributed by atoms with Gasteiger partial charge in [-0.25, -0.2) is 0 Å². The quantitative estimate of drug-likeness (QED) is 0.893. The molecule has 0 fully saturated rings. The van der Waals surface area contributed by atoms with Crippen molar-refractivity contribution in [3.8, 4) is 5.75 Å². The Labute approximate surface area is 107 Å². The fourth-order valence-electron chi connectivity index (χ4n) is 2.06. The van der Waals surface area contributed by atoms with Crippen molar-refractivity contribution in [2.45, 2.75) is 13.0 Å². The number of hydrogen-bond acceptors (Lipinski definition) is 4. The van der Waals surface area contributed by atoms with Crippen LogP contribution in [-0.2, 0) is 0 Å². The summed E-state index contributed by atoms with van der Waals surface area (Å²) < 4.78 is 5.37. The molecule has 0 radical (unpaired) electrons. The number of methoxy groups -OCH3 is 1. The van der Waals surface area contributed by atoms with Gasteiger partial charge in [0.15, 0.2) is 0 Å². The molecule has 0 saturated heterocycles. The minimum Gasteiger partial charge on any atom is -0.495 e. The molecule has 0 aromatic carbocycles. The van der Waals surface area contributed by atoms with E-state index >= 15 is 0 Å². The van der Waals surface area contributed by atoms with E-state index in [9.17, 15) is 0 Å². The van der Waals surface area contributed by atoms with Crippen LogP contribution < -0.4 is 10.1 Å². The van der Waals surface area contributed by atoms with E-state index in [1.54, 1.807) is 25.7 Å². The van der Waals surface area contributed by atoms with Gasteiger partial charge in [0, 0.05) is 24.2 Å². The molecule has 94 valence electrons. The molecular weight excluding hydrogens is 226 g/mol. The molecule has 1 unspecified atom stereocenters. The molecule has 4 nitrogen and oxygen atoms in total. The molecular formula is C14H17N3O. The molecule has 0 aliphatic heterocycles. The van der Waals surface area contributed by atoms with Crippen molar-refractivity contribution in [1.29, 1.82) is 0 Å². The van der Waals surface area contributed by atoms with Gasteiger partial charge >= 0.3 is 0 Å². The highest BCUT2D eigenvalue weighted by Gasteiger charge is 2.18. The van der Waals surface area contributed by atoms with Crippen LogP contribution in [0.1, 0.15) is 22.7 Å². The van der Waals surface area contributed by atoms with Gasteiger partial charge in [-0.3, -0.25) is 9.97 Å². The first-order valence-electron chi connectivity index (χ1n) is 5.83. The number of aryl methyl sites for hydroxylation is 1. The van der Waals surface area contributed by atoms with Gasteiger partial charge < -0.3 is 10.1 Å². The zero-order valence-electron chi connectivity index (χ0n) is 10.8. The third-order valence-electron chi connectivity index (χ3n) is 3.03. The highest BCUT2D eigenvalue weighted by Crippen LogP contribution is 2.29. The summed E-state index contributed by atoms with van der Waals surface area (Å²) in [6, 6.07) is 4.02. The highest BCUT2D eigenvalue weighted by atomic mass is 16.5. The van der Waals surface area contributed by atoms with E-state index in [1.165, 1.54) is 5.56 Å². The molecule has 2 rings (SSSR count). The van der Waals surface area contributed by atoms with Crippen LogP contribution in [0.15, 0.2) is 36.9 Å². The van der Waals surface area contributed by atoms with Gasteiger partial charge in [-0.15, -0.1) is 0 Å². The number of rotatable bonds is 4. The maximum Gasteiger partial charge on any atom is 0.142 e. The number of ether oxygens (including phenoxy) is 1. The van der Waals surface area contributed by atoms with Crippen LogP contribution in [0.4, 0.5) is 0 Å². The van der Waals surface area contributed by atoms with E-state index in [1.807, 2.05) is 25.4 Å². The number of aromatic nitrogens is 2. The molecule has 0 bridgehead atoms. The molecule has 18 heavy (non-hydrogen) atoms. The Hall–Kier alpha value is -1.94. The minimum absolute atomic E-state index is 0.0525. The Morgan fingerprint density at radius 2 is 1.83 bits per heavy atom. The summed E-state index contributed by atoms with van der Waals surface area (Å²) in [5, 5.41) is 3.30. The topological polar surface area (TPSA) is 47.0 Å². The first kappa shape index (κ1) is 12.5. The molecule has 1 N–H and O–H groups in total. The first-order chi connectivity index (χ1) is 8.77. The zero-order chi connectivity index (χ0) is 13.0. The molecule has 1 atom stereocenters. The number of nitrogens with one attached hydrogen (secondary N) is 1. The largest absolute Gasteiger partial charge is 0.495 e. The van der Waals surface area contributed by atoms with Crippen molar-refractivity contribution in [3.05, 3.63) is 53.6 Å². The molecule has 0 aliphatic rings. The smallest absolute Gasteiger partial charge is 0.142 e.